The second-order valence-electron chi connectivity index (χ2n) is 6.01. The average Bonchev–Trinajstić information content (AvgIpc) is 3.11. The SMILES string of the molecule is CC1CCCC(C)N1NC(c1ccco1)c1nccn1C. The minimum atomic E-state index is -0.0528. The Balaban J connectivity index is 1.88. The van der Waals surface area contributed by atoms with Crippen molar-refractivity contribution in [2.45, 2.75) is 51.2 Å². The summed E-state index contributed by atoms with van der Waals surface area (Å²) in [6, 6.07) is 4.92. The molecule has 21 heavy (non-hydrogen) atoms. The van der Waals surface area contributed by atoms with Gasteiger partial charge in [-0.05, 0) is 38.8 Å². The van der Waals surface area contributed by atoms with Gasteiger partial charge in [0, 0.05) is 31.5 Å². The van der Waals surface area contributed by atoms with E-state index < -0.39 is 0 Å². The van der Waals surface area contributed by atoms with Crippen LogP contribution in [0, 0.1) is 0 Å². The monoisotopic (exact) mass is 288 g/mol. The maximum Gasteiger partial charge on any atom is 0.137 e. The zero-order valence-corrected chi connectivity index (χ0v) is 13.0. The number of aryl methyl sites for hydroxylation is 1. The summed E-state index contributed by atoms with van der Waals surface area (Å²) in [4.78, 5) is 4.50. The van der Waals surface area contributed by atoms with Crippen LogP contribution >= 0.6 is 0 Å². The second kappa shape index (κ2) is 6.03. The molecule has 1 saturated heterocycles. The van der Waals surface area contributed by atoms with E-state index in [9.17, 15) is 0 Å². The molecule has 3 heterocycles. The van der Waals surface area contributed by atoms with E-state index in [1.807, 2.05) is 36.1 Å². The van der Waals surface area contributed by atoms with Gasteiger partial charge in [-0.1, -0.05) is 6.42 Å². The molecule has 3 atom stereocenters. The molecule has 0 aliphatic carbocycles. The summed E-state index contributed by atoms with van der Waals surface area (Å²) in [7, 11) is 2.02. The van der Waals surface area contributed by atoms with Crippen molar-refractivity contribution in [1.82, 2.24) is 20.0 Å². The van der Waals surface area contributed by atoms with E-state index in [4.69, 9.17) is 4.42 Å². The van der Waals surface area contributed by atoms with Crippen LogP contribution in [-0.2, 0) is 7.05 Å². The van der Waals surface area contributed by atoms with Crippen LogP contribution in [0.15, 0.2) is 35.2 Å². The van der Waals surface area contributed by atoms with E-state index in [1.165, 1.54) is 19.3 Å². The standard InChI is InChI=1S/C16H24N4O/c1-12-6-4-7-13(2)20(12)18-15(14-8-5-11-21-14)16-17-9-10-19(16)3/h5,8-13,15,18H,4,6-7H2,1-3H3. The van der Waals surface area contributed by atoms with Gasteiger partial charge >= 0.3 is 0 Å². The van der Waals surface area contributed by atoms with Gasteiger partial charge in [-0.25, -0.2) is 15.4 Å². The number of piperidine rings is 1. The van der Waals surface area contributed by atoms with Crippen molar-refractivity contribution in [3.05, 3.63) is 42.4 Å². The summed E-state index contributed by atoms with van der Waals surface area (Å²) in [6.45, 7) is 4.56. The summed E-state index contributed by atoms with van der Waals surface area (Å²) in [5, 5.41) is 2.37. The Morgan fingerprint density at radius 3 is 2.67 bits per heavy atom. The first-order valence-corrected chi connectivity index (χ1v) is 7.72. The number of hydrazine groups is 1. The number of nitrogens with one attached hydrogen (secondary N) is 1. The van der Waals surface area contributed by atoms with Gasteiger partial charge in [0.25, 0.3) is 0 Å². The van der Waals surface area contributed by atoms with E-state index in [-0.39, 0.29) is 6.04 Å². The molecule has 0 radical (unpaired) electrons. The molecule has 1 aliphatic rings. The minimum Gasteiger partial charge on any atom is -0.467 e. The Hall–Kier alpha value is -1.59. The van der Waals surface area contributed by atoms with Crippen molar-refractivity contribution >= 4 is 0 Å². The van der Waals surface area contributed by atoms with Gasteiger partial charge < -0.3 is 8.98 Å². The molecule has 0 saturated carbocycles. The number of nitrogens with zero attached hydrogens (tertiary/aromatic N) is 3. The lowest BCUT2D eigenvalue weighted by Gasteiger charge is -2.40. The topological polar surface area (TPSA) is 46.2 Å². The van der Waals surface area contributed by atoms with Gasteiger partial charge in [-0.3, -0.25) is 0 Å². The molecule has 0 bridgehead atoms. The first-order chi connectivity index (χ1) is 10.2. The van der Waals surface area contributed by atoms with Crippen LogP contribution in [0.3, 0.4) is 0 Å². The molecular weight excluding hydrogens is 264 g/mol. The van der Waals surface area contributed by atoms with Crippen molar-refractivity contribution < 1.29 is 4.42 Å². The number of hydrogen-bond acceptors (Lipinski definition) is 4. The molecule has 2 aromatic rings. The average molecular weight is 288 g/mol. The molecule has 0 amide bonds. The third kappa shape index (κ3) is 2.89. The zero-order valence-electron chi connectivity index (χ0n) is 13.0. The molecule has 114 valence electrons. The van der Waals surface area contributed by atoms with E-state index in [0.29, 0.717) is 12.1 Å². The smallest absolute Gasteiger partial charge is 0.137 e. The molecule has 3 unspecified atom stereocenters. The fourth-order valence-electron chi connectivity index (χ4n) is 3.18. The fraction of sp³-hybridized carbons (Fsp3) is 0.562. The number of imidazole rings is 1. The van der Waals surface area contributed by atoms with Gasteiger partial charge in [0.1, 0.15) is 17.6 Å². The molecule has 0 spiro atoms. The van der Waals surface area contributed by atoms with E-state index in [2.05, 4.69) is 29.3 Å². The van der Waals surface area contributed by atoms with Crippen LogP contribution in [0.1, 0.15) is 50.7 Å². The van der Waals surface area contributed by atoms with Crippen molar-refractivity contribution in [3.63, 3.8) is 0 Å². The molecule has 1 fully saturated rings. The Bertz CT molecular complexity index is 553. The Labute approximate surface area is 125 Å². The summed E-state index contributed by atoms with van der Waals surface area (Å²) in [5.74, 6) is 1.86. The summed E-state index contributed by atoms with van der Waals surface area (Å²) >= 11 is 0. The number of hydrogen-bond donors (Lipinski definition) is 1. The van der Waals surface area contributed by atoms with Gasteiger partial charge in [0.05, 0.1) is 6.26 Å². The van der Waals surface area contributed by atoms with Crippen LogP contribution in [0.25, 0.3) is 0 Å². The second-order valence-corrected chi connectivity index (χ2v) is 6.01. The van der Waals surface area contributed by atoms with Crippen molar-refractivity contribution in [1.29, 1.82) is 0 Å². The summed E-state index contributed by atoms with van der Waals surface area (Å²) in [6.07, 6.45) is 9.27. The highest BCUT2D eigenvalue weighted by atomic mass is 16.3. The first-order valence-electron chi connectivity index (χ1n) is 7.72. The summed E-state index contributed by atoms with van der Waals surface area (Å²) < 4.78 is 7.69. The van der Waals surface area contributed by atoms with Crippen LogP contribution < -0.4 is 5.43 Å². The molecule has 3 rings (SSSR count). The lowest BCUT2D eigenvalue weighted by Crippen LogP contribution is -2.53. The molecule has 2 aromatic heterocycles. The summed E-state index contributed by atoms with van der Waals surface area (Å²) in [5.41, 5.74) is 3.66. The maximum atomic E-state index is 5.64. The lowest BCUT2D eigenvalue weighted by molar-refractivity contribution is 0.0305. The number of aromatic nitrogens is 2. The van der Waals surface area contributed by atoms with Crippen LogP contribution in [0.5, 0.6) is 0 Å². The van der Waals surface area contributed by atoms with Crippen LogP contribution in [0.4, 0.5) is 0 Å². The molecule has 0 aromatic carbocycles. The third-order valence-corrected chi connectivity index (χ3v) is 4.42. The van der Waals surface area contributed by atoms with E-state index >= 15 is 0 Å². The van der Waals surface area contributed by atoms with Gasteiger partial charge in [0.15, 0.2) is 0 Å². The molecule has 1 N–H and O–H groups in total. The first kappa shape index (κ1) is 14.4. The van der Waals surface area contributed by atoms with E-state index in [1.54, 1.807) is 6.26 Å². The predicted octanol–water partition coefficient (Wildman–Crippen LogP) is 2.87. The fourth-order valence-corrected chi connectivity index (χ4v) is 3.18. The van der Waals surface area contributed by atoms with Gasteiger partial charge in [-0.15, -0.1) is 0 Å². The quantitative estimate of drug-likeness (QED) is 0.939. The normalized spacial score (nSPS) is 25.1. The van der Waals surface area contributed by atoms with Crippen molar-refractivity contribution in [2.75, 3.05) is 0 Å². The highest BCUT2D eigenvalue weighted by Crippen LogP contribution is 2.26. The molecular formula is C16H24N4O. The lowest BCUT2D eigenvalue weighted by atomic mass is 9.99. The molecule has 1 aliphatic heterocycles. The largest absolute Gasteiger partial charge is 0.467 e. The Morgan fingerprint density at radius 2 is 2.10 bits per heavy atom. The molecule has 5 nitrogen and oxygen atoms in total. The minimum absolute atomic E-state index is 0.0528. The van der Waals surface area contributed by atoms with Crippen LogP contribution in [0.2, 0.25) is 0 Å². The molecule has 5 heteroatoms. The van der Waals surface area contributed by atoms with Crippen molar-refractivity contribution in [2.24, 2.45) is 7.05 Å². The highest BCUT2D eigenvalue weighted by Gasteiger charge is 2.30. The van der Waals surface area contributed by atoms with Gasteiger partial charge in [-0.2, -0.15) is 0 Å². The highest BCUT2D eigenvalue weighted by molar-refractivity contribution is 5.15. The Morgan fingerprint density at radius 1 is 1.33 bits per heavy atom. The Kier molecular flexibility index (Phi) is 4.12. The van der Waals surface area contributed by atoms with Gasteiger partial charge in [0.2, 0.25) is 0 Å². The number of rotatable bonds is 4. The predicted molar refractivity (Wildman–Crippen MR) is 81.5 cm³/mol. The van der Waals surface area contributed by atoms with Crippen molar-refractivity contribution in [3.8, 4) is 0 Å². The maximum absolute atomic E-state index is 5.64. The van der Waals surface area contributed by atoms with E-state index in [0.717, 1.165) is 11.6 Å². The van der Waals surface area contributed by atoms with Crippen LogP contribution in [-0.4, -0.2) is 26.6 Å². The zero-order chi connectivity index (χ0) is 14.8. The number of furan rings is 1. The third-order valence-electron chi connectivity index (χ3n) is 4.42.